The van der Waals surface area contributed by atoms with Crippen LogP contribution < -0.4 is 10.2 Å². The summed E-state index contributed by atoms with van der Waals surface area (Å²) < 4.78 is 5.36. The van der Waals surface area contributed by atoms with Gasteiger partial charge in [-0.2, -0.15) is 0 Å². The minimum atomic E-state index is -0.465. The summed E-state index contributed by atoms with van der Waals surface area (Å²) in [6.07, 6.45) is 3.73. The topological polar surface area (TPSA) is 91.8 Å². The lowest BCUT2D eigenvalue weighted by Crippen LogP contribution is -2.50. The second-order valence-electron chi connectivity index (χ2n) is 10.3. The second kappa shape index (κ2) is 10.0. The average Bonchev–Trinajstić information content (AvgIpc) is 3.53. The summed E-state index contributed by atoms with van der Waals surface area (Å²) in [6, 6.07) is 14.7. The summed E-state index contributed by atoms with van der Waals surface area (Å²) >= 11 is 6.22. The number of carbonyl (C=O) groups excluding carboxylic acids is 3. The SMILES string of the molecule is CCOC(=O)c1cnc2c(c1N1CCC(CN3C(=O)c4ccccc4C3=O)(c3ccc(Cl)cc3)CC1)CCN2. The second-order valence-corrected chi connectivity index (χ2v) is 10.7. The number of fused-ring (bicyclic) bond motifs is 2. The number of imide groups is 1. The number of carbonyl (C=O) groups is 3. The van der Waals surface area contributed by atoms with Crippen LogP contribution in [-0.4, -0.2) is 60.5 Å². The molecule has 0 spiro atoms. The lowest BCUT2D eigenvalue weighted by molar-refractivity contribution is 0.0523. The molecule has 200 valence electrons. The summed E-state index contributed by atoms with van der Waals surface area (Å²) in [5, 5.41) is 3.94. The van der Waals surface area contributed by atoms with Crippen molar-refractivity contribution in [2.75, 3.05) is 43.0 Å². The van der Waals surface area contributed by atoms with Gasteiger partial charge in [0, 0.05) is 48.4 Å². The van der Waals surface area contributed by atoms with Crippen LogP contribution in [0.5, 0.6) is 0 Å². The molecule has 2 amide bonds. The van der Waals surface area contributed by atoms with Gasteiger partial charge in [0.2, 0.25) is 0 Å². The first-order chi connectivity index (χ1) is 18.9. The number of amides is 2. The Hall–Kier alpha value is -3.91. The highest BCUT2D eigenvalue weighted by molar-refractivity contribution is 6.30. The van der Waals surface area contributed by atoms with E-state index >= 15 is 0 Å². The molecule has 9 heteroatoms. The number of rotatable bonds is 6. The molecular formula is C30H29ClN4O4. The number of hydrogen-bond acceptors (Lipinski definition) is 7. The van der Waals surface area contributed by atoms with Crippen molar-refractivity contribution in [1.29, 1.82) is 0 Å². The number of halogens is 1. The van der Waals surface area contributed by atoms with Crippen LogP contribution in [0.15, 0.2) is 54.7 Å². The molecule has 0 saturated carbocycles. The summed E-state index contributed by atoms with van der Waals surface area (Å²) in [5.74, 6) is -0.0862. The zero-order valence-corrected chi connectivity index (χ0v) is 22.5. The van der Waals surface area contributed by atoms with Gasteiger partial charge in [-0.3, -0.25) is 14.5 Å². The molecule has 0 aliphatic carbocycles. The molecule has 0 bridgehead atoms. The van der Waals surface area contributed by atoms with Crippen LogP contribution in [0.1, 0.15) is 62.0 Å². The number of nitrogens with zero attached hydrogens (tertiary/aromatic N) is 3. The van der Waals surface area contributed by atoms with Crippen LogP contribution in [0, 0.1) is 0 Å². The molecule has 8 nitrogen and oxygen atoms in total. The Labute approximate surface area is 231 Å². The number of ether oxygens (including phenoxy) is 1. The lowest BCUT2D eigenvalue weighted by Gasteiger charge is -2.45. The highest BCUT2D eigenvalue weighted by Crippen LogP contribution is 2.42. The Kier molecular flexibility index (Phi) is 6.51. The van der Waals surface area contributed by atoms with Crippen molar-refractivity contribution in [2.24, 2.45) is 0 Å². The first-order valence-electron chi connectivity index (χ1n) is 13.3. The number of aromatic nitrogens is 1. The van der Waals surface area contributed by atoms with Crippen molar-refractivity contribution in [2.45, 2.75) is 31.6 Å². The molecular weight excluding hydrogens is 516 g/mol. The van der Waals surface area contributed by atoms with Gasteiger partial charge in [-0.05, 0) is 56.0 Å². The van der Waals surface area contributed by atoms with Crippen LogP contribution in [0.2, 0.25) is 5.02 Å². The molecule has 1 fully saturated rings. The van der Waals surface area contributed by atoms with E-state index in [0.717, 1.165) is 35.6 Å². The highest BCUT2D eigenvalue weighted by Gasteiger charge is 2.45. The monoisotopic (exact) mass is 544 g/mol. The Morgan fingerprint density at radius 3 is 2.36 bits per heavy atom. The molecule has 3 aliphatic rings. The Morgan fingerprint density at radius 2 is 1.72 bits per heavy atom. The Morgan fingerprint density at radius 1 is 1.05 bits per heavy atom. The van der Waals surface area contributed by atoms with Crippen LogP contribution in [0.25, 0.3) is 0 Å². The number of hydrogen-bond donors (Lipinski definition) is 1. The zero-order valence-electron chi connectivity index (χ0n) is 21.7. The van der Waals surface area contributed by atoms with Crippen molar-refractivity contribution < 1.29 is 19.1 Å². The van der Waals surface area contributed by atoms with Crippen LogP contribution in [-0.2, 0) is 16.6 Å². The van der Waals surface area contributed by atoms with Crippen molar-refractivity contribution in [3.8, 4) is 0 Å². The van der Waals surface area contributed by atoms with E-state index in [1.54, 1.807) is 37.4 Å². The standard InChI is InChI=1S/C30H29ClN4O4/c1-2-39-29(38)24-17-33-26-23(11-14-32-26)25(24)34-15-12-30(13-16-34,19-7-9-20(31)10-8-19)18-35-27(36)21-5-3-4-6-22(21)28(35)37/h3-10,17H,2,11-16,18H2,1H3,(H,32,33). The van der Waals surface area contributed by atoms with E-state index in [0.29, 0.717) is 47.6 Å². The summed E-state index contributed by atoms with van der Waals surface area (Å²) in [5.41, 5.74) is 3.84. The number of nitrogens with one attached hydrogen (secondary N) is 1. The van der Waals surface area contributed by atoms with E-state index in [-0.39, 0.29) is 30.9 Å². The van der Waals surface area contributed by atoms with Gasteiger partial charge in [0.25, 0.3) is 11.8 Å². The van der Waals surface area contributed by atoms with Gasteiger partial charge in [-0.25, -0.2) is 9.78 Å². The minimum Gasteiger partial charge on any atom is -0.462 e. The number of esters is 1. The highest BCUT2D eigenvalue weighted by atomic mass is 35.5. The number of benzene rings is 2. The Bertz CT molecular complexity index is 1430. The number of anilines is 2. The molecule has 1 N–H and O–H groups in total. The molecule has 4 heterocycles. The molecule has 1 saturated heterocycles. The molecule has 6 rings (SSSR count). The molecule has 3 aliphatic heterocycles. The Balaban J connectivity index is 1.34. The number of piperidine rings is 1. The molecule has 0 unspecified atom stereocenters. The lowest BCUT2D eigenvalue weighted by atomic mass is 9.72. The molecule has 0 radical (unpaired) electrons. The van der Waals surface area contributed by atoms with Crippen LogP contribution in [0.3, 0.4) is 0 Å². The van der Waals surface area contributed by atoms with E-state index in [1.165, 1.54) is 4.90 Å². The molecule has 3 aromatic rings. The summed E-state index contributed by atoms with van der Waals surface area (Å²) in [6.45, 7) is 4.39. The molecule has 1 aromatic heterocycles. The van der Waals surface area contributed by atoms with Gasteiger partial charge in [0.15, 0.2) is 0 Å². The van der Waals surface area contributed by atoms with Crippen LogP contribution >= 0.6 is 11.6 Å². The van der Waals surface area contributed by atoms with Gasteiger partial charge in [0.1, 0.15) is 11.4 Å². The van der Waals surface area contributed by atoms with E-state index in [9.17, 15) is 14.4 Å². The smallest absolute Gasteiger partial charge is 0.341 e. The average molecular weight is 545 g/mol. The van der Waals surface area contributed by atoms with Gasteiger partial charge < -0.3 is 15.0 Å². The molecule has 2 aromatic carbocycles. The summed E-state index contributed by atoms with van der Waals surface area (Å²) in [7, 11) is 0. The minimum absolute atomic E-state index is 0.256. The van der Waals surface area contributed by atoms with Gasteiger partial charge >= 0.3 is 5.97 Å². The van der Waals surface area contributed by atoms with Gasteiger partial charge in [0.05, 0.1) is 23.4 Å². The van der Waals surface area contributed by atoms with Crippen molar-refractivity contribution in [3.05, 3.63) is 87.6 Å². The quantitative estimate of drug-likeness (QED) is 0.355. The predicted molar refractivity (Wildman–Crippen MR) is 149 cm³/mol. The van der Waals surface area contributed by atoms with E-state index in [2.05, 4.69) is 15.2 Å². The van der Waals surface area contributed by atoms with E-state index < -0.39 is 5.41 Å². The van der Waals surface area contributed by atoms with Crippen molar-refractivity contribution in [1.82, 2.24) is 9.88 Å². The number of pyridine rings is 1. The fourth-order valence-electron chi connectivity index (χ4n) is 6.14. The largest absolute Gasteiger partial charge is 0.462 e. The fraction of sp³-hybridized carbons (Fsp3) is 0.333. The maximum Gasteiger partial charge on any atom is 0.341 e. The zero-order chi connectivity index (χ0) is 27.1. The fourth-order valence-corrected chi connectivity index (χ4v) is 6.27. The summed E-state index contributed by atoms with van der Waals surface area (Å²) in [4.78, 5) is 47.6. The first-order valence-corrected chi connectivity index (χ1v) is 13.7. The third-order valence-electron chi connectivity index (χ3n) is 8.14. The molecule has 39 heavy (non-hydrogen) atoms. The first kappa shape index (κ1) is 25.4. The maximum atomic E-state index is 13.3. The normalized spacial score (nSPS) is 17.6. The third-order valence-corrected chi connectivity index (χ3v) is 8.40. The van der Waals surface area contributed by atoms with E-state index in [1.807, 2.05) is 24.3 Å². The van der Waals surface area contributed by atoms with E-state index in [4.69, 9.17) is 16.3 Å². The molecule has 0 atom stereocenters. The predicted octanol–water partition coefficient (Wildman–Crippen LogP) is 4.71. The van der Waals surface area contributed by atoms with Gasteiger partial charge in [-0.15, -0.1) is 0 Å². The third kappa shape index (κ3) is 4.33. The van der Waals surface area contributed by atoms with Crippen LogP contribution in [0.4, 0.5) is 11.5 Å². The van der Waals surface area contributed by atoms with Crippen molar-refractivity contribution >= 4 is 40.9 Å². The maximum absolute atomic E-state index is 13.3. The van der Waals surface area contributed by atoms with Crippen molar-refractivity contribution in [3.63, 3.8) is 0 Å². The van der Waals surface area contributed by atoms with Gasteiger partial charge in [-0.1, -0.05) is 35.9 Å².